The average molecular weight is 492 g/mol. The van der Waals surface area contributed by atoms with Crippen LogP contribution >= 0.6 is 0 Å². The van der Waals surface area contributed by atoms with Crippen LogP contribution in [0.15, 0.2) is 91.1 Å². The third-order valence-electron chi connectivity index (χ3n) is 5.79. The van der Waals surface area contributed by atoms with E-state index in [1.165, 1.54) is 12.1 Å². The number of amides is 2. The largest absolute Gasteiger partial charge is 0.416 e. The maximum Gasteiger partial charge on any atom is 0.416 e. The Kier molecular flexibility index (Phi) is 6.96. The molecule has 1 aromatic heterocycles. The number of carbonyl (C=O) groups excluding carboxylic acids is 2. The van der Waals surface area contributed by atoms with Crippen molar-refractivity contribution in [2.45, 2.75) is 12.7 Å². The summed E-state index contributed by atoms with van der Waals surface area (Å²) >= 11 is 0. The van der Waals surface area contributed by atoms with Crippen LogP contribution in [-0.2, 0) is 19.8 Å². The van der Waals surface area contributed by atoms with Crippen LogP contribution in [0.5, 0.6) is 0 Å². The predicted molar refractivity (Wildman–Crippen MR) is 132 cm³/mol. The number of nitrogens with one attached hydrogen (secondary N) is 1. The number of hydrogen-bond acceptors (Lipinski definition) is 2. The molecule has 0 saturated carbocycles. The van der Waals surface area contributed by atoms with Crippen molar-refractivity contribution in [2.75, 3.05) is 12.4 Å². The van der Waals surface area contributed by atoms with Gasteiger partial charge in [-0.2, -0.15) is 13.2 Å². The number of hydrogen-bond donors (Lipinski definition) is 1. The fraction of sp³-hybridized carbons (Fsp3) is 0.143. The highest BCUT2D eigenvalue weighted by Gasteiger charge is 2.30. The Morgan fingerprint density at radius 1 is 0.917 bits per heavy atom. The maximum absolute atomic E-state index is 13.1. The molecule has 0 radical (unpaired) electrons. The Morgan fingerprint density at radius 2 is 1.56 bits per heavy atom. The zero-order valence-electron chi connectivity index (χ0n) is 19.7. The minimum Gasteiger partial charge on any atom is -0.344 e. The highest BCUT2D eigenvalue weighted by molar-refractivity contribution is 6.09. The summed E-state index contributed by atoms with van der Waals surface area (Å²) in [5.74, 6) is -0.639. The molecule has 0 aliphatic carbocycles. The molecule has 0 aliphatic rings. The molecule has 3 aromatic carbocycles. The lowest BCUT2D eigenvalue weighted by molar-refractivity contribution is -0.137. The Hall–Kier alpha value is -4.33. The van der Waals surface area contributed by atoms with Gasteiger partial charge in [-0.25, -0.2) is 0 Å². The first-order valence-corrected chi connectivity index (χ1v) is 11.2. The molecule has 8 heteroatoms. The molecule has 5 nitrogen and oxygen atoms in total. The zero-order valence-corrected chi connectivity index (χ0v) is 19.7. The topological polar surface area (TPSA) is 54.3 Å². The number of nitrogens with zero attached hydrogens (tertiary/aromatic N) is 2. The van der Waals surface area contributed by atoms with E-state index in [4.69, 9.17) is 0 Å². The summed E-state index contributed by atoms with van der Waals surface area (Å²) in [5, 5.41) is 2.80. The van der Waals surface area contributed by atoms with E-state index in [9.17, 15) is 22.8 Å². The molecule has 184 valence electrons. The normalized spacial score (nSPS) is 11.2. The first-order chi connectivity index (χ1) is 17.1. The smallest absolute Gasteiger partial charge is 0.344 e. The third kappa shape index (κ3) is 5.49. The van der Waals surface area contributed by atoms with E-state index in [1.54, 1.807) is 60.1 Å². The van der Waals surface area contributed by atoms with Gasteiger partial charge in [0.15, 0.2) is 0 Å². The molecule has 0 bridgehead atoms. The molecular weight excluding hydrogens is 467 g/mol. The fourth-order valence-corrected chi connectivity index (χ4v) is 3.94. The standard InChI is InChI=1S/C28H24F3N3O2/c1-33-18-22(16-25(33)27(36)34(2)17-19-8-4-3-5-9-19)32-26(35)24-11-7-6-10-23(24)20-12-14-21(15-13-20)28(29,30)31/h3-16,18H,17H2,1-2H3,(H,32,35). The molecule has 0 saturated heterocycles. The monoisotopic (exact) mass is 491 g/mol. The average Bonchev–Trinajstić information content (AvgIpc) is 3.23. The Bertz CT molecular complexity index is 1380. The van der Waals surface area contributed by atoms with Crippen LogP contribution in [0, 0.1) is 0 Å². The van der Waals surface area contributed by atoms with Gasteiger partial charge >= 0.3 is 6.18 Å². The highest BCUT2D eigenvalue weighted by atomic mass is 19.4. The molecule has 0 fully saturated rings. The van der Waals surface area contributed by atoms with Crippen molar-refractivity contribution in [1.29, 1.82) is 0 Å². The van der Waals surface area contributed by atoms with E-state index >= 15 is 0 Å². The number of alkyl halides is 3. The second kappa shape index (κ2) is 10.1. The van der Waals surface area contributed by atoms with Crippen molar-refractivity contribution in [3.63, 3.8) is 0 Å². The number of anilines is 1. The maximum atomic E-state index is 13.1. The first kappa shape index (κ1) is 24.8. The summed E-state index contributed by atoms with van der Waals surface area (Å²) in [6, 6.07) is 22.6. The number of benzene rings is 3. The van der Waals surface area contributed by atoms with Crippen LogP contribution in [0.3, 0.4) is 0 Å². The SMILES string of the molecule is CN(Cc1ccccc1)C(=O)c1cc(NC(=O)c2ccccc2-c2ccc(C(F)(F)F)cc2)cn1C. The summed E-state index contributed by atoms with van der Waals surface area (Å²) in [5.41, 5.74) is 2.36. The van der Waals surface area contributed by atoms with E-state index in [0.717, 1.165) is 17.7 Å². The lowest BCUT2D eigenvalue weighted by atomic mass is 9.98. The fourth-order valence-electron chi connectivity index (χ4n) is 3.94. The van der Waals surface area contributed by atoms with Crippen molar-refractivity contribution < 1.29 is 22.8 Å². The number of carbonyl (C=O) groups is 2. The molecule has 1 N–H and O–H groups in total. The highest BCUT2D eigenvalue weighted by Crippen LogP contribution is 2.32. The second-order valence-corrected chi connectivity index (χ2v) is 8.45. The van der Waals surface area contributed by atoms with Crippen LogP contribution in [0.1, 0.15) is 32.0 Å². The minimum atomic E-state index is -4.44. The molecule has 2 amide bonds. The molecular formula is C28H24F3N3O2. The van der Waals surface area contributed by atoms with E-state index in [0.29, 0.717) is 34.6 Å². The minimum absolute atomic E-state index is 0.202. The Labute approximate surface area is 206 Å². The molecule has 0 spiro atoms. The summed E-state index contributed by atoms with van der Waals surface area (Å²) < 4.78 is 40.4. The van der Waals surface area contributed by atoms with E-state index in [2.05, 4.69) is 5.32 Å². The quantitative estimate of drug-likeness (QED) is 0.347. The van der Waals surface area contributed by atoms with Gasteiger partial charge in [0.1, 0.15) is 5.69 Å². The van der Waals surface area contributed by atoms with Gasteiger partial charge in [0.05, 0.1) is 11.3 Å². The van der Waals surface area contributed by atoms with Crippen molar-refractivity contribution >= 4 is 17.5 Å². The first-order valence-electron chi connectivity index (χ1n) is 11.2. The Balaban J connectivity index is 1.52. The number of aromatic nitrogens is 1. The van der Waals surface area contributed by atoms with Crippen molar-refractivity contribution in [3.8, 4) is 11.1 Å². The Morgan fingerprint density at radius 3 is 2.22 bits per heavy atom. The van der Waals surface area contributed by atoms with Crippen LogP contribution < -0.4 is 5.32 Å². The molecule has 0 aliphatic heterocycles. The van der Waals surface area contributed by atoms with E-state index < -0.39 is 17.6 Å². The van der Waals surface area contributed by atoms with Crippen molar-refractivity contribution in [1.82, 2.24) is 9.47 Å². The summed E-state index contributed by atoms with van der Waals surface area (Å²) in [6.07, 6.45) is -2.80. The van der Waals surface area contributed by atoms with Gasteiger partial charge in [-0.15, -0.1) is 0 Å². The van der Waals surface area contributed by atoms with Gasteiger partial charge < -0.3 is 14.8 Å². The molecule has 0 unspecified atom stereocenters. The lowest BCUT2D eigenvalue weighted by Crippen LogP contribution is -2.27. The van der Waals surface area contributed by atoms with E-state index in [1.807, 2.05) is 30.3 Å². The van der Waals surface area contributed by atoms with Crippen LogP contribution in [-0.4, -0.2) is 28.3 Å². The van der Waals surface area contributed by atoms with Crippen molar-refractivity contribution in [3.05, 3.63) is 114 Å². The summed E-state index contributed by atoms with van der Waals surface area (Å²) in [7, 11) is 3.43. The van der Waals surface area contributed by atoms with Gasteiger partial charge in [-0.05, 0) is 41.0 Å². The summed E-state index contributed by atoms with van der Waals surface area (Å²) in [6.45, 7) is 0.438. The molecule has 36 heavy (non-hydrogen) atoms. The summed E-state index contributed by atoms with van der Waals surface area (Å²) in [4.78, 5) is 27.7. The number of halogens is 3. The van der Waals surface area contributed by atoms with Gasteiger partial charge in [-0.1, -0.05) is 60.7 Å². The van der Waals surface area contributed by atoms with Gasteiger partial charge in [0.25, 0.3) is 11.8 Å². The van der Waals surface area contributed by atoms with Crippen LogP contribution in [0.2, 0.25) is 0 Å². The number of aryl methyl sites for hydroxylation is 1. The van der Waals surface area contributed by atoms with Crippen molar-refractivity contribution in [2.24, 2.45) is 7.05 Å². The third-order valence-corrected chi connectivity index (χ3v) is 5.79. The number of rotatable bonds is 6. The predicted octanol–water partition coefficient (Wildman–Crippen LogP) is 6.24. The van der Waals surface area contributed by atoms with Gasteiger partial charge in [0.2, 0.25) is 0 Å². The van der Waals surface area contributed by atoms with E-state index in [-0.39, 0.29) is 5.91 Å². The van der Waals surface area contributed by atoms with Crippen LogP contribution in [0.4, 0.5) is 18.9 Å². The van der Waals surface area contributed by atoms with Crippen LogP contribution in [0.25, 0.3) is 11.1 Å². The lowest BCUT2D eigenvalue weighted by Gasteiger charge is -2.17. The second-order valence-electron chi connectivity index (χ2n) is 8.45. The van der Waals surface area contributed by atoms with Gasteiger partial charge in [-0.3, -0.25) is 9.59 Å². The molecule has 4 aromatic rings. The molecule has 1 heterocycles. The molecule has 0 atom stereocenters. The molecule has 4 rings (SSSR count). The van der Waals surface area contributed by atoms with Gasteiger partial charge in [0, 0.05) is 32.4 Å². The zero-order chi connectivity index (χ0) is 25.9.